The zero-order chi connectivity index (χ0) is 20.9. The van der Waals surface area contributed by atoms with Crippen LogP contribution in [0.3, 0.4) is 0 Å². The number of nitrogens with one attached hydrogen (secondary N) is 3. The van der Waals surface area contributed by atoms with Crippen LogP contribution in [0.15, 0.2) is 35.2 Å². The molecule has 28 heavy (non-hydrogen) atoms. The molecule has 3 N–H and O–H groups in total. The maximum absolute atomic E-state index is 13.4. The zero-order valence-corrected chi connectivity index (χ0v) is 15.0. The molecule has 0 fully saturated rings. The lowest BCUT2D eigenvalue weighted by atomic mass is 10.0. The third-order valence-corrected chi connectivity index (χ3v) is 3.67. The smallest absolute Gasteiger partial charge is 0.403 e. The minimum Gasteiger partial charge on any atom is -0.403 e. The van der Waals surface area contributed by atoms with Gasteiger partial charge in [-0.1, -0.05) is 13.0 Å². The minimum atomic E-state index is -5.04. The Labute approximate surface area is 157 Å². The van der Waals surface area contributed by atoms with Gasteiger partial charge in [-0.25, -0.2) is 4.39 Å². The lowest BCUT2D eigenvalue weighted by molar-refractivity contribution is -0.275. The molecular formula is C17H18F4N4O3. The average molecular weight is 402 g/mol. The number of halogens is 4. The van der Waals surface area contributed by atoms with Crippen molar-refractivity contribution >= 4 is 18.0 Å². The second-order valence-electron chi connectivity index (χ2n) is 6.05. The molecule has 0 saturated carbocycles. The van der Waals surface area contributed by atoms with Crippen LogP contribution in [-0.4, -0.2) is 29.9 Å². The summed E-state index contributed by atoms with van der Waals surface area (Å²) in [6.07, 6.45) is -2.15. The van der Waals surface area contributed by atoms with E-state index in [1.807, 2.05) is 0 Å². The number of nitrogens with zero attached hydrogens (tertiary/aromatic N) is 1. The van der Waals surface area contributed by atoms with Crippen LogP contribution in [0.5, 0.6) is 5.75 Å². The van der Waals surface area contributed by atoms with E-state index in [-0.39, 0.29) is 30.3 Å². The number of rotatable bonds is 6. The van der Waals surface area contributed by atoms with Crippen LogP contribution in [0, 0.1) is 5.82 Å². The van der Waals surface area contributed by atoms with Crippen molar-refractivity contribution in [3.05, 3.63) is 41.6 Å². The van der Waals surface area contributed by atoms with Crippen molar-refractivity contribution in [2.45, 2.75) is 38.7 Å². The van der Waals surface area contributed by atoms with Crippen molar-refractivity contribution in [3.63, 3.8) is 0 Å². The Balaban J connectivity index is 2.02. The average Bonchev–Trinajstić information content (AvgIpc) is 2.60. The van der Waals surface area contributed by atoms with E-state index in [9.17, 15) is 27.2 Å². The molecule has 2 rings (SSSR count). The largest absolute Gasteiger partial charge is 0.573 e. The van der Waals surface area contributed by atoms with Gasteiger partial charge in [0.2, 0.25) is 5.91 Å². The fourth-order valence-electron chi connectivity index (χ4n) is 2.25. The van der Waals surface area contributed by atoms with Gasteiger partial charge in [-0.3, -0.25) is 14.6 Å². The summed E-state index contributed by atoms with van der Waals surface area (Å²) in [6.45, 7) is 2.98. The number of hydrogen-bond acceptors (Lipinski definition) is 5. The lowest BCUT2D eigenvalue weighted by Gasteiger charge is -2.30. The molecule has 1 aromatic carbocycles. The fraction of sp³-hybridized carbons (Fsp3) is 0.353. The topological polar surface area (TPSA) is 91.8 Å². The van der Waals surface area contributed by atoms with Gasteiger partial charge < -0.3 is 20.7 Å². The van der Waals surface area contributed by atoms with Crippen LogP contribution in [0.25, 0.3) is 0 Å². The van der Waals surface area contributed by atoms with E-state index in [2.05, 4.69) is 25.7 Å². The summed E-state index contributed by atoms with van der Waals surface area (Å²) in [7, 11) is 0. The fourth-order valence-corrected chi connectivity index (χ4v) is 2.25. The molecule has 0 aromatic heterocycles. The minimum absolute atomic E-state index is 0.182. The Hall–Kier alpha value is -3.11. The summed E-state index contributed by atoms with van der Waals surface area (Å²) in [5.74, 6) is -2.77. The monoisotopic (exact) mass is 402 g/mol. The second kappa shape index (κ2) is 8.28. The maximum Gasteiger partial charge on any atom is 0.573 e. The Bertz CT molecular complexity index is 823. The van der Waals surface area contributed by atoms with Gasteiger partial charge in [0.25, 0.3) is 5.91 Å². The van der Waals surface area contributed by atoms with Crippen molar-refractivity contribution in [1.29, 1.82) is 0 Å². The van der Waals surface area contributed by atoms with Crippen LogP contribution in [-0.2, 0) is 16.1 Å². The van der Waals surface area contributed by atoms with Gasteiger partial charge in [0.05, 0.1) is 6.20 Å². The van der Waals surface area contributed by atoms with E-state index in [4.69, 9.17) is 0 Å². The molecule has 1 aliphatic heterocycles. The first-order valence-electron chi connectivity index (χ1n) is 8.17. The molecule has 0 aliphatic carbocycles. The lowest BCUT2D eigenvalue weighted by Crippen LogP contribution is -2.58. The second-order valence-corrected chi connectivity index (χ2v) is 6.05. The molecule has 0 bridgehead atoms. The highest BCUT2D eigenvalue weighted by molar-refractivity contribution is 6.03. The van der Waals surface area contributed by atoms with Crippen LogP contribution < -0.4 is 20.7 Å². The number of ether oxygens (including phenoxy) is 1. The van der Waals surface area contributed by atoms with Crippen molar-refractivity contribution in [2.24, 2.45) is 4.99 Å². The van der Waals surface area contributed by atoms with Crippen LogP contribution in [0.4, 0.5) is 17.6 Å². The first kappa shape index (κ1) is 21.2. The summed E-state index contributed by atoms with van der Waals surface area (Å²) in [6, 6.07) is 2.88. The summed E-state index contributed by atoms with van der Waals surface area (Å²) in [5, 5.41) is 7.87. The Morgan fingerprint density at radius 2 is 2.04 bits per heavy atom. The number of carbonyl (C=O) groups is 2. The van der Waals surface area contributed by atoms with Gasteiger partial charge in [-0.05, 0) is 24.6 Å². The molecule has 0 radical (unpaired) electrons. The standard InChI is InChI=1S/C17H18F4N4O3/c1-3-14(26)24-13-8-22-9-16(2,25-13)15(27)23-7-10-4-5-11(18)12(6-10)28-17(19,20)21/h4-6,8-9,25H,3,7H2,1-2H3,(H,23,27)(H,24,26). The van der Waals surface area contributed by atoms with Crippen molar-refractivity contribution < 1.29 is 31.9 Å². The van der Waals surface area contributed by atoms with Gasteiger partial charge in [0.1, 0.15) is 5.82 Å². The van der Waals surface area contributed by atoms with Crippen LogP contribution in [0.1, 0.15) is 25.8 Å². The highest BCUT2D eigenvalue weighted by atomic mass is 19.4. The van der Waals surface area contributed by atoms with Gasteiger partial charge in [0, 0.05) is 19.2 Å². The third kappa shape index (κ3) is 5.69. The molecule has 11 heteroatoms. The van der Waals surface area contributed by atoms with Crippen LogP contribution in [0.2, 0.25) is 0 Å². The molecule has 1 aliphatic rings. The first-order valence-corrected chi connectivity index (χ1v) is 8.17. The van der Waals surface area contributed by atoms with E-state index in [0.29, 0.717) is 0 Å². The summed E-state index contributed by atoms with van der Waals surface area (Å²) in [5.41, 5.74) is -1.11. The predicted molar refractivity (Wildman–Crippen MR) is 91.5 cm³/mol. The van der Waals surface area contributed by atoms with Crippen molar-refractivity contribution in [1.82, 2.24) is 16.0 Å². The van der Waals surface area contributed by atoms with Gasteiger partial charge in [-0.2, -0.15) is 0 Å². The normalized spacial score (nSPS) is 18.7. The van der Waals surface area contributed by atoms with Gasteiger partial charge >= 0.3 is 6.36 Å². The van der Waals surface area contributed by atoms with Gasteiger partial charge in [-0.15, -0.1) is 13.2 Å². The number of aliphatic imine (C=N–C) groups is 1. The summed E-state index contributed by atoms with van der Waals surface area (Å²) < 4.78 is 53.9. The van der Waals surface area contributed by atoms with E-state index in [0.717, 1.165) is 12.1 Å². The zero-order valence-electron chi connectivity index (χ0n) is 15.0. The molecule has 1 atom stereocenters. The van der Waals surface area contributed by atoms with Crippen molar-refractivity contribution in [3.8, 4) is 5.75 Å². The molecule has 1 heterocycles. The summed E-state index contributed by atoms with van der Waals surface area (Å²) >= 11 is 0. The SMILES string of the molecule is CCC(=O)NC1=CN=CC(C)(C(=O)NCc2ccc(F)c(OC(F)(F)F)c2)N1. The van der Waals surface area contributed by atoms with E-state index >= 15 is 0 Å². The number of carbonyl (C=O) groups excluding carboxylic acids is 2. The van der Waals surface area contributed by atoms with Gasteiger partial charge in [0.15, 0.2) is 17.1 Å². The Morgan fingerprint density at radius 1 is 1.32 bits per heavy atom. The Kier molecular flexibility index (Phi) is 6.26. The highest BCUT2D eigenvalue weighted by Gasteiger charge is 2.34. The maximum atomic E-state index is 13.4. The molecule has 1 unspecified atom stereocenters. The van der Waals surface area contributed by atoms with E-state index < -0.39 is 29.4 Å². The molecule has 1 aromatic rings. The molecular weight excluding hydrogens is 384 g/mol. The first-order chi connectivity index (χ1) is 13.0. The van der Waals surface area contributed by atoms with E-state index in [1.54, 1.807) is 6.92 Å². The molecule has 2 amide bonds. The number of benzene rings is 1. The quantitative estimate of drug-likeness (QED) is 0.636. The van der Waals surface area contributed by atoms with Crippen LogP contribution >= 0.6 is 0 Å². The molecule has 152 valence electrons. The molecule has 7 nitrogen and oxygen atoms in total. The predicted octanol–water partition coefficient (Wildman–Crippen LogP) is 2.10. The summed E-state index contributed by atoms with van der Waals surface area (Å²) in [4.78, 5) is 27.9. The number of alkyl halides is 3. The molecule has 0 spiro atoms. The highest BCUT2D eigenvalue weighted by Crippen LogP contribution is 2.26. The third-order valence-electron chi connectivity index (χ3n) is 3.67. The number of hydrogen-bond donors (Lipinski definition) is 3. The Morgan fingerprint density at radius 3 is 2.68 bits per heavy atom. The molecule has 0 saturated heterocycles. The van der Waals surface area contributed by atoms with E-state index in [1.165, 1.54) is 25.4 Å². The number of amides is 2. The van der Waals surface area contributed by atoms with Crippen molar-refractivity contribution in [2.75, 3.05) is 0 Å².